The number of hydrogen-bond acceptors (Lipinski definition) is 6. The van der Waals surface area contributed by atoms with Gasteiger partial charge in [-0.3, -0.25) is 4.79 Å². The van der Waals surface area contributed by atoms with E-state index in [-0.39, 0.29) is 19.8 Å². The van der Waals surface area contributed by atoms with Crippen LogP contribution >= 0.6 is 0 Å². The summed E-state index contributed by atoms with van der Waals surface area (Å²) < 4.78 is 13.2. The lowest BCUT2D eigenvalue weighted by Crippen LogP contribution is -2.16. The summed E-state index contributed by atoms with van der Waals surface area (Å²) in [5, 5.41) is 8.94. The van der Waals surface area contributed by atoms with E-state index in [1.807, 2.05) is 30.3 Å². The summed E-state index contributed by atoms with van der Waals surface area (Å²) in [7, 11) is 0. The highest BCUT2D eigenvalue weighted by Gasteiger charge is 2.26. The molecular formula is C18H20N4O4. The fourth-order valence-electron chi connectivity index (χ4n) is 2.75. The molecule has 0 unspecified atom stereocenters. The smallest absolute Gasteiger partial charge is 0.343 e. The molecule has 0 saturated heterocycles. The van der Waals surface area contributed by atoms with Crippen molar-refractivity contribution in [2.45, 2.75) is 27.3 Å². The van der Waals surface area contributed by atoms with Gasteiger partial charge < -0.3 is 9.47 Å². The van der Waals surface area contributed by atoms with Crippen LogP contribution < -0.4 is 0 Å². The first-order valence-electron chi connectivity index (χ1n) is 8.41. The zero-order chi connectivity index (χ0) is 18.7. The summed E-state index contributed by atoms with van der Waals surface area (Å²) in [4.78, 5) is 24.4. The van der Waals surface area contributed by atoms with Gasteiger partial charge >= 0.3 is 11.9 Å². The van der Waals surface area contributed by atoms with Gasteiger partial charge in [-0.15, -0.1) is 5.10 Å². The van der Waals surface area contributed by atoms with Crippen molar-refractivity contribution in [1.82, 2.24) is 19.4 Å². The zero-order valence-corrected chi connectivity index (χ0v) is 14.9. The number of nitrogens with zero attached hydrogens (tertiary/aromatic N) is 4. The topological polar surface area (TPSA) is 87.7 Å². The van der Waals surface area contributed by atoms with Crippen LogP contribution in [0.2, 0.25) is 0 Å². The number of rotatable bonds is 6. The number of benzene rings is 1. The van der Waals surface area contributed by atoms with E-state index in [4.69, 9.17) is 9.47 Å². The molecule has 3 aromatic rings. The van der Waals surface area contributed by atoms with Crippen molar-refractivity contribution in [3.63, 3.8) is 0 Å². The van der Waals surface area contributed by atoms with E-state index in [0.29, 0.717) is 22.7 Å². The van der Waals surface area contributed by atoms with Crippen LogP contribution in [0.15, 0.2) is 30.3 Å². The van der Waals surface area contributed by atoms with Gasteiger partial charge in [0.1, 0.15) is 12.1 Å². The minimum absolute atomic E-state index is 0.123. The van der Waals surface area contributed by atoms with Gasteiger partial charge in [-0.2, -0.15) is 9.61 Å². The normalized spacial score (nSPS) is 10.9. The molecule has 136 valence electrons. The summed E-state index contributed by atoms with van der Waals surface area (Å²) in [6.07, 6.45) is 0. The fourth-order valence-corrected chi connectivity index (χ4v) is 2.75. The lowest BCUT2D eigenvalue weighted by molar-refractivity contribution is -0.143. The first-order valence-corrected chi connectivity index (χ1v) is 8.41. The maximum absolute atomic E-state index is 12.4. The van der Waals surface area contributed by atoms with Crippen LogP contribution in [0.1, 0.15) is 29.9 Å². The van der Waals surface area contributed by atoms with Gasteiger partial charge in [0.15, 0.2) is 11.5 Å². The van der Waals surface area contributed by atoms with Crippen molar-refractivity contribution in [1.29, 1.82) is 0 Å². The monoisotopic (exact) mass is 356 g/mol. The van der Waals surface area contributed by atoms with Crippen LogP contribution in [-0.2, 0) is 20.8 Å². The molecular weight excluding hydrogens is 336 g/mol. The minimum atomic E-state index is -0.496. The maximum atomic E-state index is 12.4. The maximum Gasteiger partial charge on any atom is 0.343 e. The molecule has 2 heterocycles. The lowest BCUT2D eigenvalue weighted by Gasteiger charge is -2.04. The van der Waals surface area contributed by atoms with Gasteiger partial charge in [-0.05, 0) is 20.8 Å². The zero-order valence-electron chi connectivity index (χ0n) is 14.9. The van der Waals surface area contributed by atoms with E-state index in [9.17, 15) is 9.59 Å². The second kappa shape index (κ2) is 7.38. The van der Waals surface area contributed by atoms with E-state index in [1.54, 1.807) is 25.3 Å². The molecule has 0 radical (unpaired) electrons. The number of carbonyl (C=O) groups excluding carboxylic acids is 2. The molecule has 3 rings (SSSR count). The standard InChI is InChI=1S/C18H20N4O4/c1-4-25-14(23)11-21-17-15(18(24)26-5-2)12(3)19-22(17)16(20-21)13-9-7-6-8-10-13/h6-10H,4-5,11H2,1-3H3. The summed E-state index contributed by atoms with van der Waals surface area (Å²) >= 11 is 0. The molecule has 8 heteroatoms. The van der Waals surface area contributed by atoms with E-state index in [0.717, 1.165) is 5.56 Å². The predicted octanol–water partition coefficient (Wildman–Crippen LogP) is 2.25. The van der Waals surface area contributed by atoms with Gasteiger partial charge in [0.25, 0.3) is 0 Å². The number of esters is 2. The Labute approximate surface area is 150 Å². The summed E-state index contributed by atoms with van der Waals surface area (Å²) in [5.41, 5.74) is 2.03. The SMILES string of the molecule is CCOC(=O)Cn1nc(-c2ccccc2)n2nc(C)c(C(=O)OCC)c12. The Morgan fingerprint density at radius 1 is 1.04 bits per heavy atom. The molecule has 8 nitrogen and oxygen atoms in total. The van der Waals surface area contributed by atoms with Crippen molar-refractivity contribution in [2.75, 3.05) is 13.2 Å². The molecule has 0 saturated carbocycles. The molecule has 0 fully saturated rings. The molecule has 0 aliphatic carbocycles. The van der Waals surface area contributed by atoms with Crippen molar-refractivity contribution in [2.24, 2.45) is 0 Å². The molecule has 0 bridgehead atoms. The molecule has 1 aromatic carbocycles. The Morgan fingerprint density at radius 3 is 2.38 bits per heavy atom. The molecule has 0 spiro atoms. The van der Waals surface area contributed by atoms with Crippen LogP contribution in [-0.4, -0.2) is 44.5 Å². The van der Waals surface area contributed by atoms with E-state index >= 15 is 0 Å². The Hall–Kier alpha value is -3.16. The third-order valence-electron chi connectivity index (χ3n) is 3.79. The van der Waals surface area contributed by atoms with Gasteiger partial charge in [0, 0.05) is 5.56 Å². The Bertz CT molecular complexity index is 943. The highest BCUT2D eigenvalue weighted by Crippen LogP contribution is 2.24. The summed E-state index contributed by atoms with van der Waals surface area (Å²) in [5.74, 6) is -0.404. The van der Waals surface area contributed by atoms with Crippen LogP contribution in [0.25, 0.3) is 17.0 Å². The van der Waals surface area contributed by atoms with Gasteiger partial charge in [-0.1, -0.05) is 30.3 Å². The average Bonchev–Trinajstić information content (AvgIpc) is 3.12. The summed E-state index contributed by atoms with van der Waals surface area (Å²) in [6.45, 7) is 5.58. The van der Waals surface area contributed by atoms with E-state index in [1.165, 1.54) is 4.68 Å². The number of aromatic nitrogens is 4. The van der Waals surface area contributed by atoms with Crippen molar-refractivity contribution >= 4 is 17.6 Å². The molecule has 0 aliphatic rings. The molecule has 26 heavy (non-hydrogen) atoms. The van der Waals surface area contributed by atoms with Gasteiger partial charge in [-0.25, -0.2) is 9.48 Å². The predicted molar refractivity (Wildman–Crippen MR) is 93.7 cm³/mol. The summed E-state index contributed by atoms with van der Waals surface area (Å²) in [6, 6.07) is 9.44. The van der Waals surface area contributed by atoms with Gasteiger partial charge in [0.2, 0.25) is 0 Å². The Kier molecular flexibility index (Phi) is 5.01. The highest BCUT2D eigenvalue weighted by atomic mass is 16.5. The van der Waals surface area contributed by atoms with Crippen LogP contribution in [0.5, 0.6) is 0 Å². The fraction of sp³-hybridized carbons (Fsp3) is 0.333. The number of aryl methyl sites for hydroxylation is 1. The average molecular weight is 356 g/mol. The molecule has 0 aliphatic heterocycles. The third kappa shape index (κ3) is 3.17. The highest BCUT2D eigenvalue weighted by molar-refractivity contribution is 5.97. The lowest BCUT2D eigenvalue weighted by atomic mass is 10.2. The number of ether oxygens (including phenoxy) is 2. The molecule has 0 atom stereocenters. The number of hydrogen-bond donors (Lipinski definition) is 0. The molecule has 0 amide bonds. The van der Waals surface area contributed by atoms with Crippen LogP contribution in [0.3, 0.4) is 0 Å². The molecule has 0 N–H and O–H groups in total. The Morgan fingerprint density at radius 2 is 1.73 bits per heavy atom. The first-order chi connectivity index (χ1) is 12.6. The second-order valence-electron chi connectivity index (χ2n) is 5.57. The largest absolute Gasteiger partial charge is 0.465 e. The third-order valence-corrected chi connectivity index (χ3v) is 3.79. The Balaban J connectivity index is 2.20. The van der Waals surface area contributed by atoms with Crippen molar-refractivity contribution < 1.29 is 19.1 Å². The van der Waals surface area contributed by atoms with Crippen molar-refractivity contribution in [3.05, 3.63) is 41.6 Å². The minimum Gasteiger partial charge on any atom is -0.465 e. The van der Waals surface area contributed by atoms with E-state index in [2.05, 4.69) is 10.2 Å². The van der Waals surface area contributed by atoms with Crippen molar-refractivity contribution in [3.8, 4) is 11.4 Å². The van der Waals surface area contributed by atoms with Crippen LogP contribution in [0.4, 0.5) is 0 Å². The van der Waals surface area contributed by atoms with Crippen LogP contribution in [0, 0.1) is 6.92 Å². The van der Waals surface area contributed by atoms with Gasteiger partial charge in [0.05, 0.1) is 18.9 Å². The first kappa shape index (κ1) is 17.7. The molecule has 2 aromatic heterocycles. The number of fused-ring (bicyclic) bond motifs is 1. The van der Waals surface area contributed by atoms with E-state index < -0.39 is 11.9 Å². The quantitative estimate of drug-likeness (QED) is 0.630. The number of carbonyl (C=O) groups is 2. The second-order valence-corrected chi connectivity index (χ2v) is 5.57.